The van der Waals surface area contributed by atoms with Crippen LogP contribution in [0.15, 0.2) is 12.3 Å². The fourth-order valence-electron chi connectivity index (χ4n) is 1.52. The van der Waals surface area contributed by atoms with Gasteiger partial charge < -0.3 is 20.1 Å². The molecule has 0 aliphatic rings. The number of aryl methyl sites for hydroxylation is 1. The van der Waals surface area contributed by atoms with Gasteiger partial charge in [0.1, 0.15) is 5.82 Å². The molecule has 1 aromatic rings. The third-order valence-electron chi connectivity index (χ3n) is 2.60. The van der Waals surface area contributed by atoms with E-state index >= 15 is 0 Å². The fourth-order valence-corrected chi connectivity index (χ4v) is 1.52. The fraction of sp³-hybridized carbons (Fsp3) is 0.583. The molecule has 1 aromatic heterocycles. The highest BCUT2D eigenvalue weighted by Gasteiger charge is 2.07. The molecule has 0 radical (unpaired) electrons. The Bertz CT molecular complexity index is 337. The Hall–Kier alpha value is -1.33. The van der Waals surface area contributed by atoms with Gasteiger partial charge in [0.25, 0.3) is 0 Å². The first-order chi connectivity index (χ1) is 8.19. The van der Waals surface area contributed by atoms with Crippen molar-refractivity contribution in [3.63, 3.8) is 0 Å². The summed E-state index contributed by atoms with van der Waals surface area (Å²) in [5.41, 5.74) is 7.75. The van der Waals surface area contributed by atoms with E-state index in [-0.39, 0.29) is 0 Å². The zero-order valence-electron chi connectivity index (χ0n) is 10.8. The molecule has 0 fully saturated rings. The molecule has 0 saturated heterocycles. The Morgan fingerprint density at radius 1 is 1.24 bits per heavy atom. The number of methoxy groups -OCH3 is 2. The number of nitrogens with two attached hydrogens (primary N) is 1. The minimum atomic E-state index is 0.576. The van der Waals surface area contributed by atoms with E-state index in [0.29, 0.717) is 19.0 Å². The number of anilines is 2. The Morgan fingerprint density at radius 3 is 2.29 bits per heavy atom. The van der Waals surface area contributed by atoms with Crippen molar-refractivity contribution in [1.29, 1.82) is 0 Å². The van der Waals surface area contributed by atoms with E-state index in [0.717, 1.165) is 24.3 Å². The van der Waals surface area contributed by atoms with Gasteiger partial charge in [-0.15, -0.1) is 0 Å². The molecule has 0 aromatic carbocycles. The van der Waals surface area contributed by atoms with Crippen LogP contribution in [0.2, 0.25) is 0 Å². The lowest BCUT2D eigenvalue weighted by Crippen LogP contribution is -2.30. The molecule has 0 aliphatic carbocycles. The number of aromatic nitrogens is 1. The summed E-state index contributed by atoms with van der Waals surface area (Å²) in [7, 11) is 3.39. The first kappa shape index (κ1) is 13.7. The molecule has 1 rings (SSSR count). The molecule has 5 nitrogen and oxygen atoms in total. The summed E-state index contributed by atoms with van der Waals surface area (Å²) in [6.45, 7) is 4.92. The van der Waals surface area contributed by atoms with Crippen LogP contribution in [0.1, 0.15) is 5.56 Å². The molecule has 1 heterocycles. The van der Waals surface area contributed by atoms with Gasteiger partial charge in [-0.05, 0) is 18.6 Å². The maximum atomic E-state index is 5.71. The van der Waals surface area contributed by atoms with E-state index in [1.165, 1.54) is 0 Å². The van der Waals surface area contributed by atoms with Gasteiger partial charge in [0.2, 0.25) is 0 Å². The third-order valence-corrected chi connectivity index (χ3v) is 2.60. The lowest BCUT2D eigenvalue weighted by molar-refractivity contribution is 0.190. The van der Waals surface area contributed by atoms with Crippen LogP contribution in [0.4, 0.5) is 11.5 Å². The van der Waals surface area contributed by atoms with Crippen LogP contribution < -0.4 is 10.6 Å². The van der Waals surface area contributed by atoms with Gasteiger partial charge in [-0.2, -0.15) is 0 Å². The lowest BCUT2D eigenvalue weighted by atomic mass is 10.2. The molecular weight excluding hydrogens is 218 g/mol. The monoisotopic (exact) mass is 239 g/mol. The van der Waals surface area contributed by atoms with E-state index in [1.54, 1.807) is 20.4 Å². The van der Waals surface area contributed by atoms with Gasteiger partial charge in [-0.3, -0.25) is 0 Å². The summed E-state index contributed by atoms with van der Waals surface area (Å²) in [4.78, 5) is 6.34. The Morgan fingerprint density at radius 2 is 1.82 bits per heavy atom. The van der Waals surface area contributed by atoms with Crippen molar-refractivity contribution < 1.29 is 9.47 Å². The summed E-state index contributed by atoms with van der Waals surface area (Å²) < 4.78 is 10.2. The molecule has 0 aliphatic heterocycles. The molecule has 17 heavy (non-hydrogen) atoms. The zero-order valence-corrected chi connectivity index (χ0v) is 10.8. The second kappa shape index (κ2) is 7.09. The molecule has 0 saturated carbocycles. The number of ether oxygens (including phenoxy) is 2. The number of rotatable bonds is 7. The molecule has 96 valence electrons. The van der Waals surface area contributed by atoms with Gasteiger partial charge in [-0.25, -0.2) is 4.98 Å². The standard InChI is InChI=1S/C12H21N3O2/c1-10-8-11(9-14-12(10)13)15(4-6-16-2)5-7-17-3/h8-9H,4-7H2,1-3H3,(H2,13,14). The smallest absolute Gasteiger partial charge is 0.126 e. The Labute approximate surface area is 103 Å². The topological polar surface area (TPSA) is 60.6 Å². The van der Waals surface area contributed by atoms with Crippen LogP contribution in [-0.4, -0.2) is 45.5 Å². The Balaban J connectivity index is 2.75. The summed E-state index contributed by atoms with van der Waals surface area (Å²) in [5.74, 6) is 0.576. The van der Waals surface area contributed by atoms with Crippen LogP contribution in [0, 0.1) is 6.92 Å². The quantitative estimate of drug-likeness (QED) is 0.771. The van der Waals surface area contributed by atoms with Crippen molar-refractivity contribution in [2.45, 2.75) is 6.92 Å². The Kier molecular flexibility index (Phi) is 5.72. The number of hydrogen-bond donors (Lipinski definition) is 1. The molecule has 0 bridgehead atoms. The van der Waals surface area contributed by atoms with Crippen molar-refractivity contribution in [3.05, 3.63) is 17.8 Å². The van der Waals surface area contributed by atoms with Gasteiger partial charge in [0.05, 0.1) is 25.1 Å². The molecule has 5 heteroatoms. The van der Waals surface area contributed by atoms with Crippen LogP contribution in [-0.2, 0) is 9.47 Å². The van der Waals surface area contributed by atoms with Gasteiger partial charge in [-0.1, -0.05) is 0 Å². The number of hydrogen-bond acceptors (Lipinski definition) is 5. The predicted molar refractivity (Wildman–Crippen MR) is 69.4 cm³/mol. The predicted octanol–water partition coefficient (Wildman–Crippen LogP) is 1.07. The largest absolute Gasteiger partial charge is 0.383 e. The average Bonchev–Trinajstić information content (AvgIpc) is 2.33. The highest BCUT2D eigenvalue weighted by molar-refractivity contribution is 5.52. The summed E-state index contributed by atoms with van der Waals surface area (Å²) >= 11 is 0. The summed E-state index contributed by atoms with van der Waals surface area (Å²) in [6, 6.07) is 2.04. The molecule has 0 atom stereocenters. The van der Waals surface area contributed by atoms with Gasteiger partial charge in [0.15, 0.2) is 0 Å². The van der Waals surface area contributed by atoms with Crippen LogP contribution in [0.5, 0.6) is 0 Å². The molecule has 0 amide bonds. The minimum Gasteiger partial charge on any atom is -0.383 e. The van der Waals surface area contributed by atoms with E-state index in [1.807, 2.05) is 13.0 Å². The maximum Gasteiger partial charge on any atom is 0.126 e. The summed E-state index contributed by atoms with van der Waals surface area (Å²) in [5, 5.41) is 0. The lowest BCUT2D eigenvalue weighted by Gasteiger charge is -2.24. The van der Waals surface area contributed by atoms with Crippen LogP contribution in [0.3, 0.4) is 0 Å². The number of nitrogen functional groups attached to an aromatic ring is 1. The van der Waals surface area contributed by atoms with Crippen molar-refractivity contribution in [3.8, 4) is 0 Å². The van der Waals surface area contributed by atoms with Gasteiger partial charge in [0, 0.05) is 27.3 Å². The third kappa shape index (κ3) is 4.20. The highest BCUT2D eigenvalue weighted by atomic mass is 16.5. The first-order valence-corrected chi connectivity index (χ1v) is 5.64. The number of nitrogens with zero attached hydrogens (tertiary/aromatic N) is 2. The van der Waals surface area contributed by atoms with Crippen molar-refractivity contribution in [2.75, 3.05) is 51.2 Å². The van der Waals surface area contributed by atoms with Crippen LogP contribution in [0.25, 0.3) is 0 Å². The van der Waals surface area contributed by atoms with E-state index in [9.17, 15) is 0 Å². The summed E-state index contributed by atoms with van der Waals surface area (Å²) in [6.07, 6.45) is 1.79. The van der Waals surface area contributed by atoms with E-state index < -0.39 is 0 Å². The highest BCUT2D eigenvalue weighted by Crippen LogP contribution is 2.17. The minimum absolute atomic E-state index is 0.576. The molecule has 2 N–H and O–H groups in total. The second-order valence-corrected chi connectivity index (χ2v) is 3.87. The molecular formula is C12H21N3O2. The van der Waals surface area contributed by atoms with E-state index in [4.69, 9.17) is 15.2 Å². The van der Waals surface area contributed by atoms with Crippen LogP contribution >= 0.6 is 0 Å². The van der Waals surface area contributed by atoms with E-state index in [2.05, 4.69) is 9.88 Å². The average molecular weight is 239 g/mol. The van der Waals surface area contributed by atoms with Crippen molar-refractivity contribution in [1.82, 2.24) is 4.98 Å². The first-order valence-electron chi connectivity index (χ1n) is 5.64. The van der Waals surface area contributed by atoms with Gasteiger partial charge >= 0.3 is 0 Å². The number of pyridine rings is 1. The molecule has 0 spiro atoms. The maximum absolute atomic E-state index is 5.71. The van der Waals surface area contributed by atoms with Crippen molar-refractivity contribution in [2.24, 2.45) is 0 Å². The second-order valence-electron chi connectivity index (χ2n) is 3.87. The SMILES string of the molecule is COCCN(CCOC)c1cnc(N)c(C)c1. The zero-order chi connectivity index (χ0) is 12.7. The normalized spacial score (nSPS) is 10.5. The molecule has 0 unspecified atom stereocenters. The van der Waals surface area contributed by atoms with Crippen molar-refractivity contribution >= 4 is 11.5 Å².